The van der Waals surface area contributed by atoms with Crippen molar-refractivity contribution in [3.63, 3.8) is 0 Å². The average molecular weight is 406 g/mol. The number of esters is 1. The highest BCUT2D eigenvalue weighted by Crippen LogP contribution is 2.38. The molecule has 0 bridgehead atoms. The molecule has 25 heavy (non-hydrogen) atoms. The lowest BCUT2D eigenvalue weighted by molar-refractivity contribution is -0.140. The Kier molecular flexibility index (Phi) is 4.76. The molecule has 1 aliphatic carbocycles. The van der Waals surface area contributed by atoms with Crippen molar-refractivity contribution in [2.75, 3.05) is 14.2 Å². The van der Waals surface area contributed by atoms with Gasteiger partial charge in [0.25, 0.3) is 5.91 Å². The number of amides is 1. The normalized spacial score (nSPS) is 22.3. The van der Waals surface area contributed by atoms with Gasteiger partial charge in [-0.25, -0.2) is 4.79 Å². The zero-order valence-corrected chi connectivity index (χ0v) is 15.3. The summed E-state index contributed by atoms with van der Waals surface area (Å²) in [7, 11) is 2.86. The van der Waals surface area contributed by atoms with Gasteiger partial charge in [-0.15, -0.1) is 0 Å². The fourth-order valence-electron chi connectivity index (χ4n) is 2.96. The topological polar surface area (TPSA) is 72.9 Å². The van der Waals surface area contributed by atoms with Crippen molar-refractivity contribution in [3.8, 4) is 5.75 Å². The van der Waals surface area contributed by atoms with Crippen molar-refractivity contribution in [2.45, 2.75) is 11.4 Å². The summed E-state index contributed by atoms with van der Waals surface area (Å²) in [6.07, 6.45) is 3.16. The summed E-state index contributed by atoms with van der Waals surface area (Å²) < 4.78 is 9.86. The number of carbonyl (C=O) groups is 3. The highest BCUT2D eigenvalue weighted by molar-refractivity contribution is 9.09. The molecule has 1 aromatic carbocycles. The number of ketones is 1. The summed E-state index contributed by atoms with van der Waals surface area (Å²) in [4.78, 5) is 37.6. The lowest BCUT2D eigenvalue weighted by Gasteiger charge is -2.24. The fraction of sp³-hybridized carbons (Fsp3) is 0.278. The molecule has 6 nitrogen and oxygen atoms in total. The molecule has 3 rings (SSSR count). The van der Waals surface area contributed by atoms with Crippen LogP contribution in [0, 0.1) is 5.92 Å². The van der Waals surface area contributed by atoms with Crippen LogP contribution in [-0.4, -0.2) is 41.6 Å². The van der Waals surface area contributed by atoms with E-state index in [1.165, 1.54) is 12.0 Å². The monoisotopic (exact) mass is 405 g/mol. The third-order valence-corrected chi connectivity index (χ3v) is 5.04. The van der Waals surface area contributed by atoms with Crippen LogP contribution in [0.4, 0.5) is 0 Å². The number of likely N-dealkylation sites (tertiary alicyclic amines) is 1. The van der Waals surface area contributed by atoms with Crippen molar-refractivity contribution < 1.29 is 23.9 Å². The zero-order chi connectivity index (χ0) is 18.1. The largest absolute Gasteiger partial charge is 0.497 e. The Morgan fingerprint density at radius 2 is 1.88 bits per heavy atom. The molecule has 2 unspecified atom stereocenters. The standard InChI is InChI=1S/C18H16BrNO5/c1-24-12-5-3-10(4-6-12)9-20-14-8-11(18(23)25-2)7-13(19)15(14)16(21)17(20)22/h3-8,13,15H,9H2,1-2H3. The molecule has 1 heterocycles. The van der Waals surface area contributed by atoms with Crippen molar-refractivity contribution >= 4 is 33.6 Å². The van der Waals surface area contributed by atoms with Crippen LogP contribution in [0.15, 0.2) is 47.7 Å². The SMILES string of the molecule is COC(=O)C1=CC(Br)C2C(=O)C(=O)N(Cc3ccc(OC)cc3)C2=C1. The van der Waals surface area contributed by atoms with Gasteiger partial charge in [0.15, 0.2) is 0 Å². The minimum atomic E-state index is -0.626. The van der Waals surface area contributed by atoms with E-state index in [2.05, 4.69) is 15.9 Å². The van der Waals surface area contributed by atoms with Gasteiger partial charge in [0, 0.05) is 10.5 Å². The molecule has 1 saturated heterocycles. The number of nitrogens with zero attached hydrogens (tertiary/aromatic N) is 1. The van der Waals surface area contributed by atoms with E-state index >= 15 is 0 Å². The molecule has 1 amide bonds. The van der Waals surface area contributed by atoms with Crippen molar-refractivity contribution in [1.82, 2.24) is 4.90 Å². The first-order valence-corrected chi connectivity index (χ1v) is 8.52. The van der Waals surface area contributed by atoms with Gasteiger partial charge in [-0.1, -0.05) is 34.1 Å². The predicted molar refractivity (Wildman–Crippen MR) is 92.9 cm³/mol. The number of alkyl halides is 1. The first kappa shape index (κ1) is 17.4. The summed E-state index contributed by atoms with van der Waals surface area (Å²) in [5.41, 5.74) is 1.68. The number of halogens is 1. The van der Waals surface area contributed by atoms with Crippen molar-refractivity contribution in [2.24, 2.45) is 5.92 Å². The van der Waals surface area contributed by atoms with Crippen LogP contribution in [0.2, 0.25) is 0 Å². The van der Waals surface area contributed by atoms with Crippen LogP contribution in [0.3, 0.4) is 0 Å². The van der Waals surface area contributed by atoms with Crippen molar-refractivity contribution in [1.29, 1.82) is 0 Å². The Morgan fingerprint density at radius 3 is 2.48 bits per heavy atom. The Balaban J connectivity index is 1.93. The maximum atomic E-state index is 12.4. The number of carbonyl (C=O) groups excluding carboxylic acids is 3. The van der Waals surface area contributed by atoms with Gasteiger partial charge < -0.3 is 14.4 Å². The Hall–Kier alpha value is -2.41. The van der Waals surface area contributed by atoms with Gasteiger partial charge in [-0.3, -0.25) is 9.59 Å². The van der Waals surface area contributed by atoms with Crippen LogP contribution in [0.1, 0.15) is 5.56 Å². The highest BCUT2D eigenvalue weighted by atomic mass is 79.9. The predicted octanol–water partition coefficient (Wildman–Crippen LogP) is 1.98. The molecule has 1 aliphatic heterocycles. The van der Waals surface area contributed by atoms with Gasteiger partial charge in [-0.05, 0) is 23.8 Å². The maximum Gasteiger partial charge on any atom is 0.337 e. The molecule has 0 aromatic heterocycles. The molecule has 0 radical (unpaired) electrons. The number of hydrogen-bond acceptors (Lipinski definition) is 5. The van der Waals surface area contributed by atoms with Gasteiger partial charge in [0.05, 0.1) is 32.3 Å². The van der Waals surface area contributed by atoms with Crippen molar-refractivity contribution in [3.05, 3.63) is 53.3 Å². The van der Waals surface area contributed by atoms with E-state index in [1.807, 2.05) is 12.1 Å². The van der Waals surface area contributed by atoms with Crippen LogP contribution in [0.25, 0.3) is 0 Å². The van der Waals surface area contributed by atoms with E-state index in [1.54, 1.807) is 31.4 Å². The second kappa shape index (κ2) is 6.84. The Labute approximate surface area is 153 Å². The number of hydrogen-bond donors (Lipinski definition) is 0. The summed E-state index contributed by atoms with van der Waals surface area (Å²) in [6.45, 7) is 0.241. The minimum absolute atomic E-state index is 0.241. The summed E-state index contributed by atoms with van der Waals surface area (Å²) >= 11 is 3.39. The Bertz CT molecular complexity index is 796. The van der Waals surface area contributed by atoms with E-state index in [-0.39, 0.29) is 6.54 Å². The summed E-state index contributed by atoms with van der Waals surface area (Å²) in [6, 6.07) is 7.24. The molecule has 130 valence electrons. The average Bonchev–Trinajstić information content (AvgIpc) is 2.86. The van der Waals surface area contributed by atoms with Crippen LogP contribution < -0.4 is 4.74 Å². The highest BCUT2D eigenvalue weighted by Gasteiger charge is 2.48. The fourth-order valence-corrected chi connectivity index (χ4v) is 3.75. The third kappa shape index (κ3) is 3.11. The van der Waals surface area contributed by atoms with E-state index < -0.39 is 28.4 Å². The van der Waals surface area contributed by atoms with Gasteiger partial charge in [0.1, 0.15) is 5.75 Å². The van der Waals surface area contributed by atoms with Gasteiger partial charge in [-0.2, -0.15) is 0 Å². The smallest absolute Gasteiger partial charge is 0.337 e. The molecule has 0 spiro atoms. The van der Waals surface area contributed by atoms with E-state index in [0.29, 0.717) is 17.0 Å². The molecule has 2 atom stereocenters. The van der Waals surface area contributed by atoms with E-state index in [9.17, 15) is 14.4 Å². The lowest BCUT2D eigenvalue weighted by Crippen LogP contribution is -2.26. The molecule has 2 aliphatic rings. The molecule has 1 aromatic rings. The molecule has 0 saturated carbocycles. The maximum absolute atomic E-state index is 12.4. The molecular weight excluding hydrogens is 390 g/mol. The number of methoxy groups -OCH3 is 2. The molecule has 7 heteroatoms. The number of rotatable bonds is 4. The summed E-state index contributed by atoms with van der Waals surface area (Å²) in [5, 5.41) is 0. The molecule has 1 fully saturated rings. The first-order valence-electron chi connectivity index (χ1n) is 7.60. The second-order valence-corrected chi connectivity index (χ2v) is 6.77. The first-order chi connectivity index (χ1) is 12.0. The number of benzene rings is 1. The van der Waals surface area contributed by atoms with Gasteiger partial charge >= 0.3 is 5.97 Å². The number of Topliss-reactive ketones (excluding diaryl/α,β-unsaturated/α-hetero) is 1. The number of ether oxygens (including phenoxy) is 2. The third-order valence-electron chi connectivity index (χ3n) is 4.25. The van der Waals surface area contributed by atoms with E-state index in [0.717, 1.165) is 5.56 Å². The molecular formula is C18H16BrNO5. The van der Waals surface area contributed by atoms with Crippen LogP contribution >= 0.6 is 15.9 Å². The Morgan fingerprint density at radius 1 is 1.20 bits per heavy atom. The second-order valence-electron chi connectivity index (χ2n) is 5.71. The minimum Gasteiger partial charge on any atom is -0.497 e. The zero-order valence-electron chi connectivity index (χ0n) is 13.7. The molecule has 0 N–H and O–H groups in total. The number of fused-ring (bicyclic) bond motifs is 1. The number of allylic oxidation sites excluding steroid dienone is 2. The lowest BCUT2D eigenvalue weighted by atomic mass is 9.92. The quantitative estimate of drug-likeness (QED) is 0.435. The summed E-state index contributed by atoms with van der Waals surface area (Å²) in [5.74, 6) is -1.48. The van der Waals surface area contributed by atoms with Crippen LogP contribution in [-0.2, 0) is 25.7 Å². The van der Waals surface area contributed by atoms with E-state index in [4.69, 9.17) is 9.47 Å². The van der Waals surface area contributed by atoms with Gasteiger partial charge in [0.2, 0.25) is 5.78 Å². The van der Waals surface area contributed by atoms with Crippen LogP contribution in [0.5, 0.6) is 5.75 Å².